The molecule has 0 bridgehead atoms. The first-order chi connectivity index (χ1) is 40.9. The molecule has 0 saturated heterocycles. The molecule has 0 aliphatic heterocycles. The summed E-state index contributed by atoms with van der Waals surface area (Å²) >= 11 is 0. The fraction of sp³-hybridized carbons (Fsp3) is 0.477. The van der Waals surface area contributed by atoms with Crippen LogP contribution in [-0.4, -0.2) is 67.3 Å². The zero-order chi connectivity index (χ0) is 63.2. The average molecular weight is 1240 g/mol. The smallest absolute Gasteiger partial charge is 0.435 e. The lowest BCUT2D eigenvalue weighted by molar-refractivity contribution is -0.144. The van der Waals surface area contributed by atoms with Crippen molar-refractivity contribution in [3.05, 3.63) is 144 Å². The summed E-state index contributed by atoms with van der Waals surface area (Å²) in [6, 6.07) is 26.6. The fourth-order valence-electron chi connectivity index (χ4n) is 9.06. The number of nitrogens with zero attached hydrogens (tertiary/aromatic N) is 4. The molecule has 0 atom stereocenters. The quantitative estimate of drug-likeness (QED) is 0.0180. The number of benzene rings is 4. The number of hydrogen-bond donors (Lipinski definition) is 1. The van der Waals surface area contributed by atoms with Crippen LogP contribution in [-0.2, 0) is 51.3 Å². The van der Waals surface area contributed by atoms with E-state index in [1.165, 1.54) is 157 Å². The molecule has 0 aliphatic carbocycles. The van der Waals surface area contributed by atoms with Crippen LogP contribution in [0.2, 0.25) is 0 Å². The maximum atomic E-state index is 13.5. The topological polar surface area (TPSA) is 183 Å². The maximum absolute atomic E-state index is 13.5. The Morgan fingerprint density at radius 2 is 0.860 bits per heavy atom. The van der Waals surface area contributed by atoms with Crippen molar-refractivity contribution < 1.29 is 62.2 Å². The maximum Gasteiger partial charge on any atom is 0.435 e. The third kappa shape index (κ3) is 25.8. The molecule has 0 saturated carbocycles. The number of aryl methyl sites for hydroxylation is 2. The molecular weight excluding hydrogens is 1160 g/mol. The third-order valence-corrected chi connectivity index (χ3v) is 16.8. The van der Waals surface area contributed by atoms with E-state index in [1.807, 2.05) is 13.8 Å². The van der Waals surface area contributed by atoms with Crippen LogP contribution in [0.15, 0.2) is 132 Å². The summed E-state index contributed by atoms with van der Waals surface area (Å²) in [5, 5.41) is 12.5. The number of sulfonamides is 1. The molecule has 472 valence electrons. The summed E-state index contributed by atoms with van der Waals surface area (Å²) in [5.41, 5.74) is 1.99. The van der Waals surface area contributed by atoms with Crippen molar-refractivity contribution in [2.75, 3.05) is 19.0 Å². The standard InChI is InChI=1S/C33H43F3N2O4S.C17H14F3N3O2S.C15H28O2/c1-3-4-5-6-7-8-9-10-11-12-23-42-32(39)14-13-24-43(40,41)29-21-19-28(20-22-29)38-30(25-31(37-38)33(34,35)36)27-17-15-26(2)16-18-27;1-11-2-4-12(5-3-11)15-10-16(17(18,19)20)22-23(15)13-6-8-14(9-7-13)26(21,24)25;1-3-5-6-7-8-9-10-11-12-13-14-17-15(16)4-2/h15-22,25H,3-14,23-24H2,1-2H3;2-10H,1H3,(H2,21,24,25);4H,2-3,5-14H2,1H3. The lowest BCUT2D eigenvalue weighted by Gasteiger charge is -2.10. The zero-order valence-electron chi connectivity index (χ0n) is 50.1. The molecule has 13 nitrogen and oxygen atoms in total. The molecule has 6 aromatic rings. The Kier molecular flexibility index (Phi) is 30.5. The number of sulfone groups is 1. The average Bonchev–Trinajstić information content (AvgIpc) is 1.97. The van der Waals surface area contributed by atoms with E-state index in [2.05, 4.69) is 30.6 Å². The number of alkyl halides is 6. The van der Waals surface area contributed by atoms with Crippen molar-refractivity contribution in [2.45, 2.75) is 191 Å². The molecule has 0 amide bonds. The van der Waals surface area contributed by atoms with Gasteiger partial charge in [-0.1, -0.05) is 196 Å². The van der Waals surface area contributed by atoms with Crippen molar-refractivity contribution in [2.24, 2.45) is 5.14 Å². The molecule has 0 radical (unpaired) electrons. The number of halogens is 6. The van der Waals surface area contributed by atoms with E-state index in [0.717, 1.165) is 58.3 Å². The number of aromatic nitrogens is 4. The number of unbranched alkanes of at least 4 members (excludes halogenated alkanes) is 18. The summed E-state index contributed by atoms with van der Waals surface area (Å²) in [6.45, 7) is 12.5. The van der Waals surface area contributed by atoms with Gasteiger partial charge in [0.2, 0.25) is 10.0 Å². The molecule has 6 rings (SSSR count). The summed E-state index contributed by atoms with van der Waals surface area (Å²) in [6.07, 6.45) is 16.9. The van der Waals surface area contributed by atoms with Crippen LogP contribution in [0.25, 0.3) is 33.9 Å². The van der Waals surface area contributed by atoms with Crippen LogP contribution >= 0.6 is 0 Å². The van der Waals surface area contributed by atoms with E-state index in [1.54, 1.807) is 48.5 Å². The van der Waals surface area contributed by atoms with Crippen molar-refractivity contribution >= 4 is 31.8 Å². The molecule has 21 heteroatoms. The minimum atomic E-state index is -4.64. The summed E-state index contributed by atoms with van der Waals surface area (Å²) in [5.74, 6) is -0.959. The number of primary sulfonamides is 1. The second kappa shape index (κ2) is 36.5. The SMILES string of the molecule is C=CC(=O)OCCCCCCCCCCCC.CCCCCCCCCCCCOC(=O)CCCS(=O)(=O)c1ccc(-n2nc(C(F)(F)F)cc2-c2ccc(C)cc2)cc1.Cc1ccc(-c2cc(C(F)(F)F)nn2-c2ccc(S(N)(=O)=O)cc2)cc1. The number of carbonyl (C=O) groups is 2. The Bertz CT molecular complexity index is 3200. The van der Waals surface area contributed by atoms with E-state index >= 15 is 0 Å². The number of ether oxygens (including phenoxy) is 2. The molecule has 2 aromatic heterocycles. The normalized spacial score (nSPS) is 11.8. The highest BCUT2D eigenvalue weighted by Gasteiger charge is 2.36. The Balaban J connectivity index is 0.000000311. The summed E-state index contributed by atoms with van der Waals surface area (Å²) in [4.78, 5) is 22.7. The van der Waals surface area contributed by atoms with Gasteiger partial charge in [-0.25, -0.2) is 36.1 Å². The number of hydrogen-bond acceptors (Lipinski definition) is 10. The number of esters is 2. The van der Waals surface area contributed by atoms with Gasteiger partial charge in [-0.05, 0) is 93.8 Å². The van der Waals surface area contributed by atoms with Gasteiger partial charge in [-0.2, -0.15) is 36.5 Å². The van der Waals surface area contributed by atoms with Crippen molar-refractivity contribution in [3.8, 4) is 33.9 Å². The first-order valence-corrected chi connectivity index (χ1v) is 33.0. The van der Waals surface area contributed by atoms with Gasteiger partial charge in [0, 0.05) is 23.6 Å². The van der Waals surface area contributed by atoms with Gasteiger partial charge >= 0.3 is 24.3 Å². The monoisotopic (exact) mass is 1240 g/mol. The zero-order valence-corrected chi connectivity index (χ0v) is 51.7. The van der Waals surface area contributed by atoms with Crippen LogP contribution in [0.3, 0.4) is 0 Å². The number of carbonyl (C=O) groups excluding carboxylic acids is 2. The minimum absolute atomic E-state index is 0.00247. The van der Waals surface area contributed by atoms with Gasteiger partial charge in [-0.15, -0.1) is 0 Å². The molecule has 0 unspecified atom stereocenters. The third-order valence-electron chi connectivity index (χ3n) is 14.0. The number of rotatable bonds is 33. The second-order valence-corrected chi connectivity index (χ2v) is 25.0. The Hall–Kier alpha value is -6.58. The predicted octanol–water partition coefficient (Wildman–Crippen LogP) is 17.0. The van der Waals surface area contributed by atoms with Crippen molar-refractivity contribution in [1.82, 2.24) is 19.6 Å². The highest BCUT2D eigenvalue weighted by atomic mass is 32.2. The Labute approximate surface area is 504 Å². The summed E-state index contributed by atoms with van der Waals surface area (Å²) < 4.78 is 141. The summed E-state index contributed by atoms with van der Waals surface area (Å²) in [7, 11) is -7.60. The minimum Gasteiger partial charge on any atom is -0.466 e. The molecule has 2 heterocycles. The van der Waals surface area contributed by atoms with Gasteiger partial charge in [0.05, 0.1) is 51.5 Å². The van der Waals surface area contributed by atoms with E-state index in [-0.39, 0.29) is 51.4 Å². The first-order valence-electron chi connectivity index (χ1n) is 29.8. The second-order valence-electron chi connectivity index (χ2n) is 21.3. The number of nitrogens with two attached hydrogens (primary N) is 1. The Morgan fingerprint density at radius 1 is 0.512 bits per heavy atom. The van der Waals surface area contributed by atoms with Crippen LogP contribution in [0.4, 0.5) is 26.3 Å². The molecule has 0 spiro atoms. The predicted molar refractivity (Wildman–Crippen MR) is 326 cm³/mol. The highest BCUT2D eigenvalue weighted by molar-refractivity contribution is 7.91. The van der Waals surface area contributed by atoms with Crippen LogP contribution in [0.5, 0.6) is 0 Å². The largest absolute Gasteiger partial charge is 0.466 e. The molecule has 2 N–H and O–H groups in total. The van der Waals surface area contributed by atoms with E-state index in [9.17, 15) is 52.8 Å². The highest BCUT2D eigenvalue weighted by Crippen LogP contribution is 2.35. The Morgan fingerprint density at radius 3 is 1.21 bits per heavy atom. The van der Waals surface area contributed by atoms with Crippen molar-refractivity contribution in [3.63, 3.8) is 0 Å². The molecule has 0 aliphatic rings. The van der Waals surface area contributed by atoms with Crippen LogP contribution in [0, 0.1) is 13.8 Å². The van der Waals surface area contributed by atoms with Crippen LogP contribution in [0.1, 0.15) is 178 Å². The lowest BCUT2D eigenvalue weighted by atomic mass is 10.1. The molecule has 4 aromatic carbocycles. The van der Waals surface area contributed by atoms with Gasteiger partial charge in [0.1, 0.15) is 0 Å². The van der Waals surface area contributed by atoms with Crippen molar-refractivity contribution in [1.29, 1.82) is 0 Å². The van der Waals surface area contributed by atoms with Gasteiger partial charge < -0.3 is 9.47 Å². The van der Waals surface area contributed by atoms with Crippen LogP contribution < -0.4 is 5.14 Å². The molecule has 0 fully saturated rings. The van der Waals surface area contributed by atoms with Gasteiger partial charge in [-0.3, -0.25) is 4.79 Å². The lowest BCUT2D eigenvalue weighted by Crippen LogP contribution is -2.12. The first kappa shape index (κ1) is 71.9. The molecular formula is C65H85F6N5O8S2. The van der Waals surface area contributed by atoms with E-state index < -0.39 is 49.6 Å². The fourth-order valence-corrected chi connectivity index (χ4v) is 10.9. The van der Waals surface area contributed by atoms with E-state index in [0.29, 0.717) is 30.0 Å². The van der Waals surface area contributed by atoms with E-state index in [4.69, 9.17) is 14.6 Å². The van der Waals surface area contributed by atoms with Gasteiger partial charge in [0.25, 0.3) is 0 Å². The van der Waals surface area contributed by atoms with Gasteiger partial charge in [0.15, 0.2) is 21.2 Å². The molecule has 86 heavy (non-hydrogen) atoms.